The van der Waals surface area contributed by atoms with Gasteiger partial charge in [-0.25, -0.2) is 4.79 Å². The molecule has 0 saturated heterocycles. The van der Waals surface area contributed by atoms with Crippen molar-refractivity contribution < 1.29 is 14.8 Å². The number of carbonyl (C=O) groups is 1. The third kappa shape index (κ3) is 3.41. The van der Waals surface area contributed by atoms with E-state index in [9.17, 15) is 14.9 Å². The maximum Gasteiger partial charge on any atom is 0.336 e. The molecule has 0 aliphatic carbocycles. The first-order valence-electron chi connectivity index (χ1n) is 6.03. The lowest BCUT2D eigenvalue weighted by Gasteiger charge is -2.28. The van der Waals surface area contributed by atoms with Crippen molar-refractivity contribution in [2.24, 2.45) is 0 Å². The summed E-state index contributed by atoms with van der Waals surface area (Å²) in [4.78, 5) is 23.5. The van der Waals surface area contributed by atoms with E-state index in [1.807, 2.05) is 25.1 Å². The highest BCUT2D eigenvalue weighted by atomic mass is 32.2. The van der Waals surface area contributed by atoms with Crippen LogP contribution in [0.25, 0.3) is 0 Å². The summed E-state index contributed by atoms with van der Waals surface area (Å²) in [6.07, 6.45) is 1.98. The number of anilines is 1. The molecule has 1 atom stereocenters. The van der Waals surface area contributed by atoms with E-state index in [4.69, 9.17) is 5.11 Å². The van der Waals surface area contributed by atoms with Crippen molar-refractivity contribution in [3.63, 3.8) is 0 Å². The molecule has 0 aromatic heterocycles. The number of rotatable bonds is 6. The monoisotopic (exact) mass is 298 g/mol. The standard InChI is InChI=1S/C13H18N2O4S/c1-8(7-20-4)14(3)11-5-10(13(16)17)6-12(9(11)2)15(18)19/h5-6,8H,7H2,1-4H3,(H,16,17). The average molecular weight is 298 g/mol. The molecule has 6 nitrogen and oxygen atoms in total. The van der Waals surface area contributed by atoms with Crippen molar-refractivity contribution in [2.45, 2.75) is 19.9 Å². The molecule has 1 rings (SSSR count). The number of benzene rings is 1. The van der Waals surface area contributed by atoms with Crippen LogP contribution >= 0.6 is 11.8 Å². The summed E-state index contributed by atoms with van der Waals surface area (Å²) in [7, 11) is 1.82. The van der Waals surface area contributed by atoms with Gasteiger partial charge in [-0.2, -0.15) is 11.8 Å². The maximum atomic E-state index is 11.1. The molecule has 0 saturated carbocycles. The number of nitrogens with zero attached hydrogens (tertiary/aromatic N) is 2. The Hall–Kier alpha value is -1.76. The molecule has 0 radical (unpaired) electrons. The molecule has 1 aromatic carbocycles. The zero-order valence-corrected chi connectivity index (χ0v) is 12.7. The van der Waals surface area contributed by atoms with Gasteiger partial charge in [-0.05, 0) is 26.2 Å². The normalized spacial score (nSPS) is 12.0. The Labute approximate surface area is 121 Å². The van der Waals surface area contributed by atoms with Gasteiger partial charge in [0, 0.05) is 30.6 Å². The van der Waals surface area contributed by atoms with E-state index in [0.29, 0.717) is 11.3 Å². The summed E-state index contributed by atoms with van der Waals surface area (Å²) < 4.78 is 0. The highest BCUT2D eigenvalue weighted by molar-refractivity contribution is 7.98. The fraction of sp³-hybridized carbons (Fsp3) is 0.462. The topological polar surface area (TPSA) is 83.7 Å². The second-order valence-corrected chi connectivity index (χ2v) is 5.53. The number of hydrogen-bond donors (Lipinski definition) is 1. The van der Waals surface area contributed by atoms with E-state index in [-0.39, 0.29) is 17.3 Å². The molecular formula is C13H18N2O4S. The smallest absolute Gasteiger partial charge is 0.336 e. The predicted molar refractivity (Wildman–Crippen MR) is 81.0 cm³/mol. The number of aromatic carboxylic acids is 1. The second kappa shape index (κ2) is 6.60. The summed E-state index contributed by atoms with van der Waals surface area (Å²) in [5, 5.41) is 20.1. The van der Waals surface area contributed by atoms with Gasteiger partial charge in [-0.3, -0.25) is 10.1 Å². The Morgan fingerprint density at radius 2 is 2.15 bits per heavy atom. The summed E-state index contributed by atoms with van der Waals surface area (Å²) >= 11 is 1.67. The number of carboxylic acid groups (broad SMARTS) is 1. The molecule has 0 aliphatic rings. The molecule has 0 fully saturated rings. The van der Waals surface area contributed by atoms with E-state index < -0.39 is 10.9 Å². The SMILES string of the molecule is CSCC(C)N(C)c1cc(C(=O)O)cc([N+](=O)[O-])c1C. The van der Waals surface area contributed by atoms with Crippen molar-refractivity contribution in [3.05, 3.63) is 33.4 Å². The molecule has 0 amide bonds. The minimum absolute atomic E-state index is 0.0690. The Morgan fingerprint density at radius 1 is 1.55 bits per heavy atom. The van der Waals surface area contributed by atoms with Crippen LogP contribution in [0.2, 0.25) is 0 Å². The average Bonchev–Trinajstić information content (AvgIpc) is 2.37. The minimum Gasteiger partial charge on any atom is -0.478 e. The molecule has 1 aromatic rings. The predicted octanol–water partition coefficient (Wildman–Crippen LogP) is 2.79. The zero-order chi connectivity index (χ0) is 15.4. The summed E-state index contributed by atoms with van der Waals surface area (Å²) in [6, 6.07) is 2.74. The van der Waals surface area contributed by atoms with Crippen LogP contribution in [0.3, 0.4) is 0 Å². The largest absolute Gasteiger partial charge is 0.478 e. The summed E-state index contributed by atoms with van der Waals surface area (Å²) in [5.74, 6) is -0.318. The number of thioether (sulfide) groups is 1. The Bertz CT molecular complexity index is 533. The lowest BCUT2D eigenvalue weighted by atomic mass is 10.1. The summed E-state index contributed by atoms with van der Waals surface area (Å²) in [5.41, 5.74) is 0.831. The zero-order valence-electron chi connectivity index (χ0n) is 11.9. The minimum atomic E-state index is -1.17. The van der Waals surface area contributed by atoms with Gasteiger partial charge in [0.05, 0.1) is 16.1 Å². The number of carboxylic acids is 1. The second-order valence-electron chi connectivity index (χ2n) is 4.62. The Morgan fingerprint density at radius 3 is 2.60 bits per heavy atom. The first-order chi connectivity index (χ1) is 9.29. The highest BCUT2D eigenvalue weighted by Crippen LogP contribution is 2.31. The van der Waals surface area contributed by atoms with Crippen LogP contribution in [-0.2, 0) is 0 Å². The van der Waals surface area contributed by atoms with Gasteiger partial charge in [-0.15, -0.1) is 0 Å². The number of nitro groups is 1. The van der Waals surface area contributed by atoms with Crippen LogP contribution in [0.15, 0.2) is 12.1 Å². The van der Waals surface area contributed by atoms with Gasteiger partial charge in [0.1, 0.15) is 0 Å². The number of hydrogen-bond acceptors (Lipinski definition) is 5. The van der Waals surface area contributed by atoms with Gasteiger partial charge in [0.25, 0.3) is 5.69 Å². The molecular weight excluding hydrogens is 280 g/mol. The van der Waals surface area contributed by atoms with Crippen LogP contribution in [0.1, 0.15) is 22.8 Å². The number of nitro benzene ring substituents is 1. The molecule has 110 valence electrons. The van der Waals surface area contributed by atoms with Crippen molar-refractivity contribution in [3.8, 4) is 0 Å². The van der Waals surface area contributed by atoms with E-state index in [0.717, 1.165) is 11.8 Å². The van der Waals surface area contributed by atoms with Crippen molar-refractivity contribution in [1.82, 2.24) is 0 Å². The van der Waals surface area contributed by atoms with Crippen LogP contribution in [0, 0.1) is 17.0 Å². The van der Waals surface area contributed by atoms with Crippen LogP contribution in [0.5, 0.6) is 0 Å². The van der Waals surface area contributed by atoms with Gasteiger partial charge in [0.2, 0.25) is 0 Å². The lowest BCUT2D eigenvalue weighted by Crippen LogP contribution is -2.31. The molecule has 0 heterocycles. The first-order valence-corrected chi connectivity index (χ1v) is 7.43. The molecule has 1 N–H and O–H groups in total. The first kappa shape index (κ1) is 16.3. The maximum absolute atomic E-state index is 11.1. The van der Waals surface area contributed by atoms with Gasteiger partial charge in [-0.1, -0.05) is 0 Å². The molecule has 1 unspecified atom stereocenters. The van der Waals surface area contributed by atoms with Gasteiger partial charge >= 0.3 is 5.97 Å². The van der Waals surface area contributed by atoms with E-state index in [1.165, 1.54) is 6.07 Å². The molecule has 20 heavy (non-hydrogen) atoms. The Balaban J connectivity index is 3.37. The molecule has 0 spiro atoms. The Kier molecular flexibility index (Phi) is 5.38. The van der Waals surface area contributed by atoms with Crippen LogP contribution in [-0.4, -0.2) is 41.1 Å². The van der Waals surface area contributed by atoms with E-state index in [1.54, 1.807) is 18.7 Å². The van der Waals surface area contributed by atoms with Crippen LogP contribution in [0.4, 0.5) is 11.4 Å². The van der Waals surface area contributed by atoms with Crippen molar-refractivity contribution in [1.29, 1.82) is 0 Å². The molecule has 0 bridgehead atoms. The van der Waals surface area contributed by atoms with E-state index in [2.05, 4.69) is 0 Å². The van der Waals surface area contributed by atoms with Gasteiger partial charge in [0.15, 0.2) is 0 Å². The van der Waals surface area contributed by atoms with Crippen LogP contribution < -0.4 is 4.90 Å². The lowest BCUT2D eigenvalue weighted by molar-refractivity contribution is -0.385. The van der Waals surface area contributed by atoms with E-state index >= 15 is 0 Å². The fourth-order valence-electron chi connectivity index (χ4n) is 1.95. The van der Waals surface area contributed by atoms with Gasteiger partial charge < -0.3 is 10.0 Å². The van der Waals surface area contributed by atoms with Crippen molar-refractivity contribution in [2.75, 3.05) is 24.0 Å². The fourth-order valence-corrected chi connectivity index (χ4v) is 2.66. The summed E-state index contributed by atoms with van der Waals surface area (Å²) in [6.45, 7) is 3.64. The quantitative estimate of drug-likeness (QED) is 0.642. The molecule has 7 heteroatoms. The third-order valence-corrected chi connectivity index (χ3v) is 4.06. The van der Waals surface area contributed by atoms with Crippen molar-refractivity contribution >= 4 is 29.1 Å². The highest BCUT2D eigenvalue weighted by Gasteiger charge is 2.22. The third-order valence-electron chi connectivity index (χ3n) is 3.25. The molecule has 0 aliphatic heterocycles.